The second-order valence-corrected chi connectivity index (χ2v) is 10.6. The highest BCUT2D eigenvalue weighted by molar-refractivity contribution is 7.96. The number of rotatable bonds is 7. The normalized spacial score (nSPS) is 11.1. The third-order valence-corrected chi connectivity index (χ3v) is 9.83. The quantitative estimate of drug-likeness (QED) is 0.385. The van der Waals surface area contributed by atoms with E-state index in [2.05, 4.69) is 109 Å². The molecule has 0 aliphatic carbocycles. The lowest BCUT2D eigenvalue weighted by Gasteiger charge is -2.36. The zero-order valence-corrected chi connectivity index (χ0v) is 19.0. The van der Waals surface area contributed by atoms with Gasteiger partial charge in [0.25, 0.3) is 0 Å². The van der Waals surface area contributed by atoms with Crippen LogP contribution in [0.1, 0.15) is 0 Å². The lowest BCUT2D eigenvalue weighted by molar-refractivity contribution is 0.404. The standard InChI is InChI=1S/C27H27NO2P/c1-28(26-21-22(29-2)19-20-27(26)30-3)31(23-13-7-4-8-14-23,24-15-9-5-10-16-24)25-17-11-6-12-18-25/h4-21H,1-3H3/q+1. The third-order valence-electron chi connectivity index (χ3n) is 5.57. The van der Waals surface area contributed by atoms with Gasteiger partial charge in [0.2, 0.25) is 7.41 Å². The molecule has 0 bridgehead atoms. The summed E-state index contributed by atoms with van der Waals surface area (Å²) in [6.07, 6.45) is 0. The van der Waals surface area contributed by atoms with E-state index in [0.717, 1.165) is 17.2 Å². The highest BCUT2D eigenvalue weighted by atomic mass is 31.2. The van der Waals surface area contributed by atoms with Gasteiger partial charge in [-0.15, -0.1) is 0 Å². The van der Waals surface area contributed by atoms with Crippen LogP contribution < -0.4 is 30.1 Å². The van der Waals surface area contributed by atoms with Crippen LogP contribution in [0.5, 0.6) is 11.5 Å². The Bertz CT molecular complexity index is 1020. The van der Waals surface area contributed by atoms with Gasteiger partial charge in [-0.05, 0) is 48.5 Å². The van der Waals surface area contributed by atoms with Crippen molar-refractivity contribution in [2.24, 2.45) is 0 Å². The first kappa shape index (κ1) is 21.0. The Morgan fingerprint density at radius 2 is 1.03 bits per heavy atom. The summed E-state index contributed by atoms with van der Waals surface area (Å²) >= 11 is 0. The third kappa shape index (κ3) is 3.78. The summed E-state index contributed by atoms with van der Waals surface area (Å²) in [6.45, 7) is 0. The van der Waals surface area contributed by atoms with E-state index < -0.39 is 7.41 Å². The fourth-order valence-corrected chi connectivity index (χ4v) is 8.33. The minimum atomic E-state index is -2.24. The molecule has 156 valence electrons. The van der Waals surface area contributed by atoms with Gasteiger partial charge in [-0.2, -0.15) is 0 Å². The number of nitrogens with zero attached hydrogens (tertiary/aromatic N) is 1. The number of ether oxygens (including phenoxy) is 2. The molecule has 0 saturated carbocycles. The first-order valence-electron chi connectivity index (χ1n) is 10.2. The molecular weight excluding hydrogens is 401 g/mol. The van der Waals surface area contributed by atoms with Crippen molar-refractivity contribution < 1.29 is 9.47 Å². The van der Waals surface area contributed by atoms with Crippen LogP contribution in [0.2, 0.25) is 0 Å². The predicted molar refractivity (Wildman–Crippen MR) is 133 cm³/mol. The van der Waals surface area contributed by atoms with Crippen LogP contribution >= 0.6 is 7.41 Å². The van der Waals surface area contributed by atoms with Crippen LogP contribution in [0, 0.1) is 0 Å². The molecule has 0 amide bonds. The van der Waals surface area contributed by atoms with Crippen LogP contribution in [-0.4, -0.2) is 21.3 Å². The van der Waals surface area contributed by atoms with Crippen molar-refractivity contribution >= 4 is 29.0 Å². The average Bonchev–Trinajstić information content (AvgIpc) is 2.86. The van der Waals surface area contributed by atoms with Crippen molar-refractivity contribution in [3.05, 3.63) is 109 Å². The maximum Gasteiger partial charge on any atom is 0.202 e. The summed E-state index contributed by atoms with van der Waals surface area (Å²) in [5, 5.41) is 3.83. The van der Waals surface area contributed by atoms with E-state index in [1.165, 1.54) is 15.9 Å². The van der Waals surface area contributed by atoms with Crippen molar-refractivity contribution in [3.8, 4) is 11.5 Å². The van der Waals surface area contributed by atoms with Gasteiger partial charge in [-0.3, -0.25) is 0 Å². The lowest BCUT2D eigenvalue weighted by atomic mass is 10.3. The van der Waals surface area contributed by atoms with Gasteiger partial charge >= 0.3 is 0 Å². The number of benzene rings is 4. The average molecular weight is 428 g/mol. The van der Waals surface area contributed by atoms with Crippen molar-refractivity contribution in [1.29, 1.82) is 0 Å². The summed E-state index contributed by atoms with van der Waals surface area (Å²) in [4.78, 5) is 0. The summed E-state index contributed by atoms with van der Waals surface area (Å²) in [5.41, 5.74) is 0.992. The first-order valence-corrected chi connectivity index (χ1v) is 12.0. The maximum atomic E-state index is 5.79. The molecule has 4 aromatic carbocycles. The fraction of sp³-hybridized carbons (Fsp3) is 0.111. The van der Waals surface area contributed by atoms with Gasteiger partial charge in [0.05, 0.1) is 14.2 Å². The number of hydrogen-bond acceptors (Lipinski definition) is 3. The van der Waals surface area contributed by atoms with Crippen LogP contribution in [0.3, 0.4) is 0 Å². The smallest absolute Gasteiger partial charge is 0.202 e. The Balaban J connectivity index is 2.08. The van der Waals surface area contributed by atoms with E-state index in [9.17, 15) is 0 Å². The molecule has 0 heterocycles. The maximum absolute atomic E-state index is 5.79. The molecule has 0 radical (unpaired) electrons. The van der Waals surface area contributed by atoms with Gasteiger partial charge in [-0.1, -0.05) is 54.6 Å². The SMILES string of the molecule is COc1ccc(OC)c(N(C)[P+](c2ccccc2)(c2ccccc2)c2ccccc2)c1. The van der Waals surface area contributed by atoms with Crippen molar-refractivity contribution in [3.63, 3.8) is 0 Å². The number of hydrogen-bond donors (Lipinski definition) is 0. The monoisotopic (exact) mass is 428 g/mol. The molecule has 0 unspecified atom stereocenters. The van der Waals surface area contributed by atoms with Crippen molar-refractivity contribution in [1.82, 2.24) is 0 Å². The van der Waals surface area contributed by atoms with Gasteiger partial charge in [0.15, 0.2) is 0 Å². The van der Waals surface area contributed by atoms with Gasteiger partial charge < -0.3 is 9.47 Å². The van der Waals surface area contributed by atoms with Crippen molar-refractivity contribution in [2.45, 2.75) is 0 Å². The van der Waals surface area contributed by atoms with Crippen LogP contribution in [0.25, 0.3) is 0 Å². The van der Waals surface area contributed by atoms with E-state index in [1.807, 2.05) is 12.1 Å². The largest absolute Gasteiger partial charge is 0.497 e. The van der Waals surface area contributed by atoms with Crippen molar-refractivity contribution in [2.75, 3.05) is 25.9 Å². The molecule has 31 heavy (non-hydrogen) atoms. The van der Waals surface area contributed by atoms with E-state index in [0.29, 0.717) is 0 Å². The molecule has 3 nitrogen and oxygen atoms in total. The number of methoxy groups -OCH3 is 2. The highest BCUT2D eigenvalue weighted by Crippen LogP contribution is 2.60. The van der Waals surface area contributed by atoms with Crippen LogP contribution in [0.15, 0.2) is 109 Å². The zero-order chi connectivity index (χ0) is 21.7. The van der Waals surface area contributed by atoms with E-state index >= 15 is 0 Å². The molecule has 0 atom stereocenters. The Hall–Kier alpha value is -3.29. The molecule has 0 fully saturated rings. The summed E-state index contributed by atoms with van der Waals surface area (Å²) < 4.78 is 13.8. The summed E-state index contributed by atoms with van der Waals surface area (Å²) in [7, 11) is 3.33. The Morgan fingerprint density at radius 3 is 1.42 bits per heavy atom. The molecule has 4 rings (SSSR count). The molecule has 0 spiro atoms. The minimum absolute atomic E-state index is 0.801. The van der Waals surface area contributed by atoms with Gasteiger partial charge in [0.1, 0.15) is 33.1 Å². The van der Waals surface area contributed by atoms with Gasteiger partial charge in [-0.25, -0.2) is 4.67 Å². The molecule has 0 aromatic heterocycles. The first-order chi connectivity index (χ1) is 15.2. The summed E-state index contributed by atoms with van der Waals surface area (Å²) in [5.74, 6) is 1.62. The zero-order valence-electron chi connectivity index (χ0n) is 18.1. The molecule has 0 aliphatic heterocycles. The topological polar surface area (TPSA) is 21.7 Å². The molecule has 4 aromatic rings. The lowest BCUT2D eigenvalue weighted by Crippen LogP contribution is -2.41. The predicted octanol–water partition coefficient (Wildman–Crippen LogP) is 5.05. The second-order valence-electron chi connectivity index (χ2n) is 7.20. The van der Waals surface area contributed by atoms with E-state index in [-0.39, 0.29) is 0 Å². The molecular formula is C27H27NO2P+. The number of anilines is 1. The van der Waals surface area contributed by atoms with Crippen LogP contribution in [0.4, 0.5) is 5.69 Å². The molecule has 0 saturated heterocycles. The van der Waals surface area contributed by atoms with E-state index in [4.69, 9.17) is 9.47 Å². The second kappa shape index (κ2) is 9.24. The Morgan fingerprint density at radius 1 is 0.581 bits per heavy atom. The van der Waals surface area contributed by atoms with Gasteiger partial charge in [0, 0.05) is 13.1 Å². The molecule has 0 aliphatic rings. The van der Waals surface area contributed by atoms with E-state index in [1.54, 1.807) is 14.2 Å². The minimum Gasteiger partial charge on any atom is -0.497 e. The Labute approximate surface area is 185 Å². The van der Waals surface area contributed by atoms with Crippen LogP contribution in [-0.2, 0) is 0 Å². The molecule has 4 heteroatoms. The Kier molecular flexibility index (Phi) is 6.25. The fourth-order valence-electron chi connectivity index (χ4n) is 4.11. The molecule has 0 N–H and O–H groups in total. The summed E-state index contributed by atoms with van der Waals surface area (Å²) in [6, 6.07) is 38.3. The highest BCUT2D eigenvalue weighted by Gasteiger charge is 2.51.